The molecule has 4 heteroatoms. The molecule has 0 spiro atoms. The first-order valence-corrected chi connectivity index (χ1v) is 8.49. The molecule has 1 saturated heterocycles. The number of piperidine rings is 1. The molecule has 3 nitrogen and oxygen atoms in total. The molecule has 2 heterocycles. The number of thiophene rings is 1. The maximum absolute atomic E-state index is 10.8. The number of aliphatic carboxylic acids is 1. The molecule has 0 aromatic carbocycles. The van der Waals surface area contributed by atoms with Crippen LogP contribution >= 0.6 is 11.3 Å². The lowest BCUT2D eigenvalue weighted by Crippen LogP contribution is -2.41. The van der Waals surface area contributed by atoms with Crippen LogP contribution in [0, 0.1) is 0 Å². The monoisotopic (exact) mass is 295 g/mol. The van der Waals surface area contributed by atoms with E-state index in [1.807, 2.05) is 11.3 Å². The molecule has 0 amide bonds. The van der Waals surface area contributed by atoms with Crippen molar-refractivity contribution in [3.05, 3.63) is 21.9 Å². The van der Waals surface area contributed by atoms with Gasteiger partial charge in [-0.15, -0.1) is 11.3 Å². The van der Waals surface area contributed by atoms with E-state index in [4.69, 9.17) is 5.11 Å². The maximum Gasteiger partial charge on any atom is 0.303 e. The van der Waals surface area contributed by atoms with Crippen LogP contribution in [0.1, 0.15) is 61.7 Å². The van der Waals surface area contributed by atoms with Crippen molar-refractivity contribution >= 4 is 17.3 Å². The Kier molecular flexibility index (Phi) is 5.61. The zero-order chi connectivity index (χ0) is 14.5. The Morgan fingerprint density at radius 3 is 2.95 bits per heavy atom. The third-order valence-corrected chi connectivity index (χ3v) is 5.70. The van der Waals surface area contributed by atoms with E-state index in [1.165, 1.54) is 22.6 Å². The summed E-state index contributed by atoms with van der Waals surface area (Å²) in [4.78, 5) is 16.2. The SMILES string of the molecule is CCc1ccc(C(C)N2CCCCC2CCC(=O)O)s1. The molecule has 112 valence electrons. The van der Waals surface area contributed by atoms with Crippen LogP contribution in [0.2, 0.25) is 0 Å². The van der Waals surface area contributed by atoms with Gasteiger partial charge in [0.05, 0.1) is 0 Å². The van der Waals surface area contributed by atoms with E-state index in [1.54, 1.807) is 0 Å². The molecule has 0 aliphatic carbocycles. The van der Waals surface area contributed by atoms with E-state index in [0.717, 1.165) is 25.8 Å². The first-order chi connectivity index (χ1) is 9.61. The van der Waals surface area contributed by atoms with E-state index in [-0.39, 0.29) is 0 Å². The fraction of sp³-hybridized carbons (Fsp3) is 0.688. The molecule has 1 aromatic heterocycles. The van der Waals surface area contributed by atoms with Crippen LogP contribution < -0.4 is 0 Å². The van der Waals surface area contributed by atoms with Gasteiger partial charge in [0.1, 0.15) is 0 Å². The minimum absolute atomic E-state index is 0.290. The van der Waals surface area contributed by atoms with E-state index in [2.05, 4.69) is 30.9 Å². The summed E-state index contributed by atoms with van der Waals surface area (Å²) in [6.45, 7) is 5.56. The number of carboxylic acids is 1. The summed E-state index contributed by atoms with van der Waals surface area (Å²) in [6, 6.07) is 5.32. The molecule has 1 N–H and O–H groups in total. The van der Waals surface area contributed by atoms with Crippen molar-refractivity contribution in [1.82, 2.24) is 4.90 Å². The Hall–Kier alpha value is -0.870. The van der Waals surface area contributed by atoms with Crippen molar-refractivity contribution in [2.24, 2.45) is 0 Å². The summed E-state index contributed by atoms with van der Waals surface area (Å²) >= 11 is 1.90. The van der Waals surface area contributed by atoms with Gasteiger partial charge in [-0.05, 0) is 51.3 Å². The van der Waals surface area contributed by atoms with Gasteiger partial charge in [0, 0.05) is 28.3 Å². The van der Waals surface area contributed by atoms with Gasteiger partial charge < -0.3 is 5.11 Å². The highest BCUT2D eigenvalue weighted by atomic mass is 32.1. The van der Waals surface area contributed by atoms with Crippen LogP contribution in [0.3, 0.4) is 0 Å². The molecule has 1 fully saturated rings. The Morgan fingerprint density at radius 1 is 1.50 bits per heavy atom. The van der Waals surface area contributed by atoms with Gasteiger partial charge >= 0.3 is 5.97 Å². The highest BCUT2D eigenvalue weighted by Crippen LogP contribution is 2.33. The molecule has 1 aliphatic heterocycles. The third kappa shape index (κ3) is 3.83. The van der Waals surface area contributed by atoms with Gasteiger partial charge in [0.15, 0.2) is 0 Å². The predicted octanol–water partition coefficient (Wildman–Crippen LogP) is 4.09. The van der Waals surface area contributed by atoms with Crippen molar-refractivity contribution in [2.75, 3.05) is 6.54 Å². The van der Waals surface area contributed by atoms with Crippen LogP contribution in [0.5, 0.6) is 0 Å². The fourth-order valence-corrected chi connectivity index (χ4v) is 4.13. The van der Waals surface area contributed by atoms with Gasteiger partial charge in [-0.3, -0.25) is 9.69 Å². The van der Waals surface area contributed by atoms with Crippen LogP contribution in [0.25, 0.3) is 0 Å². The van der Waals surface area contributed by atoms with Crippen LogP contribution in [-0.2, 0) is 11.2 Å². The van der Waals surface area contributed by atoms with Crippen molar-refractivity contribution in [3.8, 4) is 0 Å². The molecular formula is C16H25NO2S. The molecule has 2 atom stereocenters. The molecule has 0 bridgehead atoms. The second-order valence-electron chi connectivity index (χ2n) is 5.65. The van der Waals surface area contributed by atoms with Gasteiger partial charge in [-0.25, -0.2) is 0 Å². The number of rotatable bonds is 6. The summed E-state index contributed by atoms with van der Waals surface area (Å²) in [5.41, 5.74) is 0. The molecule has 1 aliphatic rings. The number of carbonyl (C=O) groups is 1. The standard InChI is InChI=1S/C16H25NO2S/c1-3-14-8-9-15(20-14)12(2)17-11-5-4-6-13(17)7-10-16(18)19/h8-9,12-13H,3-7,10-11H2,1-2H3,(H,18,19). The van der Waals surface area contributed by atoms with Gasteiger partial charge in [-0.1, -0.05) is 13.3 Å². The summed E-state index contributed by atoms with van der Waals surface area (Å²) in [5, 5.41) is 8.90. The second-order valence-corrected chi connectivity index (χ2v) is 6.85. The molecule has 0 saturated carbocycles. The van der Waals surface area contributed by atoms with E-state index < -0.39 is 5.97 Å². The largest absolute Gasteiger partial charge is 0.481 e. The molecule has 20 heavy (non-hydrogen) atoms. The molecule has 1 aromatic rings. The number of hydrogen-bond acceptors (Lipinski definition) is 3. The third-order valence-electron chi connectivity index (χ3n) is 4.30. The van der Waals surface area contributed by atoms with Gasteiger partial charge in [0.2, 0.25) is 0 Å². The first kappa shape index (κ1) is 15.5. The Balaban J connectivity index is 2.04. The van der Waals surface area contributed by atoms with Crippen molar-refractivity contribution in [1.29, 1.82) is 0 Å². The topological polar surface area (TPSA) is 40.5 Å². The van der Waals surface area contributed by atoms with Crippen LogP contribution in [0.4, 0.5) is 0 Å². The van der Waals surface area contributed by atoms with Crippen molar-refractivity contribution in [2.45, 2.75) is 64.5 Å². The van der Waals surface area contributed by atoms with Crippen LogP contribution in [0.15, 0.2) is 12.1 Å². The molecule has 0 radical (unpaired) electrons. The zero-order valence-corrected chi connectivity index (χ0v) is 13.3. The lowest BCUT2D eigenvalue weighted by Gasteiger charge is -2.39. The number of likely N-dealkylation sites (tertiary alicyclic amines) is 1. The summed E-state index contributed by atoms with van der Waals surface area (Å²) in [5.74, 6) is -0.674. The average molecular weight is 295 g/mol. The Labute approximate surface area is 125 Å². The zero-order valence-electron chi connectivity index (χ0n) is 12.5. The molecular weight excluding hydrogens is 270 g/mol. The number of aryl methyl sites for hydroxylation is 1. The highest BCUT2D eigenvalue weighted by Gasteiger charge is 2.28. The summed E-state index contributed by atoms with van der Waals surface area (Å²) < 4.78 is 0. The van der Waals surface area contributed by atoms with E-state index in [9.17, 15) is 4.79 Å². The average Bonchev–Trinajstić information content (AvgIpc) is 2.93. The number of nitrogens with zero attached hydrogens (tertiary/aromatic N) is 1. The Morgan fingerprint density at radius 2 is 2.30 bits per heavy atom. The minimum atomic E-state index is -0.674. The molecule has 2 unspecified atom stereocenters. The minimum Gasteiger partial charge on any atom is -0.481 e. The second kappa shape index (κ2) is 7.23. The number of hydrogen-bond donors (Lipinski definition) is 1. The summed E-state index contributed by atoms with van der Waals surface area (Å²) in [7, 11) is 0. The maximum atomic E-state index is 10.8. The quantitative estimate of drug-likeness (QED) is 0.859. The van der Waals surface area contributed by atoms with E-state index >= 15 is 0 Å². The smallest absolute Gasteiger partial charge is 0.303 e. The summed E-state index contributed by atoms with van der Waals surface area (Å²) in [6.07, 6.45) is 5.78. The van der Waals surface area contributed by atoms with Gasteiger partial charge in [0.25, 0.3) is 0 Å². The highest BCUT2D eigenvalue weighted by molar-refractivity contribution is 7.12. The van der Waals surface area contributed by atoms with Crippen LogP contribution in [-0.4, -0.2) is 28.6 Å². The van der Waals surface area contributed by atoms with Crippen molar-refractivity contribution in [3.63, 3.8) is 0 Å². The molecule has 2 rings (SSSR count). The lowest BCUT2D eigenvalue weighted by atomic mass is 9.96. The van der Waals surface area contributed by atoms with E-state index in [0.29, 0.717) is 18.5 Å². The lowest BCUT2D eigenvalue weighted by molar-refractivity contribution is -0.137. The van der Waals surface area contributed by atoms with Gasteiger partial charge in [-0.2, -0.15) is 0 Å². The number of carboxylic acid groups (broad SMARTS) is 1. The van der Waals surface area contributed by atoms with Crippen molar-refractivity contribution < 1.29 is 9.90 Å². The first-order valence-electron chi connectivity index (χ1n) is 7.68. The predicted molar refractivity (Wildman–Crippen MR) is 83.3 cm³/mol. The fourth-order valence-electron chi connectivity index (χ4n) is 3.11. The normalized spacial score (nSPS) is 21.8. The Bertz CT molecular complexity index is 443.